The van der Waals surface area contributed by atoms with Crippen molar-refractivity contribution in [1.82, 2.24) is 52.8 Å². The van der Waals surface area contributed by atoms with E-state index in [1.807, 2.05) is 0 Å². The Labute approximate surface area is 515 Å². The lowest BCUT2D eigenvalue weighted by Gasteiger charge is -2.28. The van der Waals surface area contributed by atoms with E-state index < -0.39 is 151 Å². The minimum absolute atomic E-state index is 0.0288. The summed E-state index contributed by atoms with van der Waals surface area (Å²) in [6.45, 7) is 0.723. The van der Waals surface area contributed by atoms with Gasteiger partial charge in [-0.1, -0.05) is 91.0 Å². The quantitative estimate of drug-likeness (QED) is 0.0191. The Kier molecular flexibility index (Phi) is 27.5. The van der Waals surface area contributed by atoms with Crippen LogP contribution in [0.5, 0.6) is 5.75 Å². The molecule has 0 unspecified atom stereocenters. The summed E-state index contributed by atoms with van der Waals surface area (Å²) >= 11 is 1.31. The molecule has 0 aliphatic carbocycles. The van der Waals surface area contributed by atoms with Crippen molar-refractivity contribution in [2.45, 2.75) is 119 Å². The number of aliphatic hydroxyl groups excluding tert-OH is 3. The molecule has 5 aromatic rings. The van der Waals surface area contributed by atoms with Gasteiger partial charge in [0.2, 0.25) is 59.1 Å². The summed E-state index contributed by atoms with van der Waals surface area (Å²) in [7, 11) is 0. The Balaban J connectivity index is 1.41. The number of hydrogen-bond acceptors (Lipinski definition) is 17. The van der Waals surface area contributed by atoms with E-state index >= 15 is 0 Å². The summed E-state index contributed by atoms with van der Waals surface area (Å²) in [4.78, 5) is 153. The number of aromatic hydroxyl groups is 1. The Morgan fingerprint density at radius 1 is 0.506 bits per heavy atom. The molecule has 0 saturated heterocycles. The lowest BCUT2D eigenvalue weighted by atomic mass is 10.0. The number of carbonyl (C=O) groups is 11. The first kappa shape index (κ1) is 70.3. The molecule has 1 heterocycles. The van der Waals surface area contributed by atoms with Gasteiger partial charge in [-0.25, -0.2) is 4.79 Å². The minimum atomic E-state index is -1.94. The average Bonchev–Trinajstić information content (AvgIpc) is 4.10. The van der Waals surface area contributed by atoms with Gasteiger partial charge < -0.3 is 89.8 Å². The van der Waals surface area contributed by atoms with Gasteiger partial charge in [0, 0.05) is 42.8 Å². The molecular weight excluding hydrogens is 1180 g/mol. The van der Waals surface area contributed by atoms with E-state index in [1.54, 1.807) is 97.4 Å². The van der Waals surface area contributed by atoms with Crippen molar-refractivity contribution in [3.8, 4) is 5.75 Å². The molecular formula is C60H76N12O16S. The van der Waals surface area contributed by atoms with Crippen molar-refractivity contribution in [1.29, 1.82) is 0 Å². The SMILES string of the molecule is CSCC[C@H](NC(=O)[C@H](Cc1c[nH]c2ccccc12)NC(=O)[C@H](Cc1ccc(O)cc1)NC(=O)[C@H](CC(N)=O)NC(=O)[C@H](CO)NC(=O)[C@H](Cc1ccccc1)NC(=O)[C@@H](NC(=O)[C@H](Cc1ccccc1)NC(=O)CN)[C@@H](C)O)C(=O)N[C@H](C(=O)O)[C@@H](C)O. The number of aliphatic carboxylic acids is 1. The van der Waals surface area contributed by atoms with Crippen molar-refractivity contribution in [2.75, 3.05) is 25.2 Å². The van der Waals surface area contributed by atoms with E-state index in [-0.39, 0.29) is 43.6 Å². The molecule has 0 aliphatic heterocycles. The van der Waals surface area contributed by atoms with Crippen LogP contribution in [-0.4, -0.2) is 187 Å². The number of carboxylic acids is 1. The maximum Gasteiger partial charge on any atom is 0.328 e. The predicted octanol–water partition coefficient (Wildman–Crippen LogP) is -3.07. The topological polar surface area (TPSA) is 465 Å². The highest BCUT2D eigenvalue weighted by molar-refractivity contribution is 7.98. The number of para-hydroxylation sites is 1. The minimum Gasteiger partial charge on any atom is -0.508 e. The van der Waals surface area contributed by atoms with Crippen LogP contribution in [0.3, 0.4) is 0 Å². The van der Waals surface area contributed by atoms with Gasteiger partial charge in [0.15, 0.2) is 6.04 Å². The number of hydrogen-bond donors (Lipinski definition) is 17. The maximum absolute atomic E-state index is 14.8. The number of carbonyl (C=O) groups excluding carboxylic acids is 10. The number of rotatable bonds is 35. The number of phenols is 1. The molecule has 0 aliphatic rings. The number of aliphatic hydroxyl groups is 3. The van der Waals surface area contributed by atoms with Crippen molar-refractivity contribution in [2.24, 2.45) is 11.5 Å². The number of fused-ring (bicyclic) bond motifs is 1. The number of aromatic amines is 1. The highest BCUT2D eigenvalue weighted by Gasteiger charge is 2.37. The second-order valence-corrected chi connectivity index (χ2v) is 21.9. The number of aromatic nitrogens is 1. The van der Waals surface area contributed by atoms with E-state index in [0.717, 1.165) is 6.92 Å². The molecule has 0 bridgehead atoms. The summed E-state index contributed by atoms with van der Waals surface area (Å²) < 4.78 is 0. The molecule has 5 rings (SSSR count). The Bertz CT molecular complexity index is 3250. The molecule has 1 aromatic heterocycles. The maximum atomic E-state index is 14.8. The van der Waals surface area contributed by atoms with Crippen LogP contribution in [0.1, 0.15) is 48.9 Å². The number of nitrogens with two attached hydrogens (primary N) is 2. The largest absolute Gasteiger partial charge is 0.508 e. The second-order valence-electron chi connectivity index (χ2n) is 20.9. The van der Waals surface area contributed by atoms with E-state index in [2.05, 4.69) is 52.8 Å². The number of phenolic OH excluding ortho intramolecular Hbond substituents is 1. The van der Waals surface area contributed by atoms with Crippen LogP contribution in [0.2, 0.25) is 0 Å². The summed E-state index contributed by atoms with van der Waals surface area (Å²) in [6, 6.07) is 14.3. The van der Waals surface area contributed by atoms with Crippen LogP contribution in [0.25, 0.3) is 10.9 Å². The Hall–Kier alpha value is -9.42. The first-order chi connectivity index (χ1) is 42.4. The molecule has 0 spiro atoms. The van der Waals surface area contributed by atoms with Crippen LogP contribution in [0.4, 0.5) is 0 Å². The van der Waals surface area contributed by atoms with Crippen molar-refractivity contribution in [3.05, 3.63) is 138 Å². The summed E-state index contributed by atoms with van der Waals surface area (Å²) in [5.74, 6) is -11.7. The zero-order valence-corrected chi connectivity index (χ0v) is 49.8. The van der Waals surface area contributed by atoms with Crippen molar-refractivity contribution < 1.29 is 78.3 Å². The normalized spacial score (nSPS) is 14.8. The Morgan fingerprint density at radius 3 is 1.43 bits per heavy atom. The number of carboxylic acid groups (broad SMARTS) is 1. The van der Waals surface area contributed by atoms with Gasteiger partial charge in [0.1, 0.15) is 54.1 Å². The summed E-state index contributed by atoms with van der Waals surface area (Å²) in [6.07, 6.45) is -1.69. The van der Waals surface area contributed by atoms with Crippen LogP contribution < -0.4 is 59.3 Å². The number of nitrogens with one attached hydrogen (secondary N) is 10. The molecule has 19 N–H and O–H groups in total. The molecule has 4 aromatic carbocycles. The molecule has 0 fully saturated rings. The van der Waals surface area contributed by atoms with Gasteiger partial charge >= 0.3 is 5.97 Å². The predicted molar refractivity (Wildman–Crippen MR) is 325 cm³/mol. The molecule has 10 amide bonds. The fraction of sp³-hybridized carbons (Fsp3) is 0.383. The third-order valence-corrected chi connectivity index (χ3v) is 14.6. The van der Waals surface area contributed by atoms with Gasteiger partial charge in [-0.3, -0.25) is 47.9 Å². The number of thioether (sulfide) groups is 1. The van der Waals surface area contributed by atoms with Gasteiger partial charge in [0.05, 0.1) is 31.8 Å². The molecule has 89 heavy (non-hydrogen) atoms. The zero-order chi connectivity index (χ0) is 65.3. The lowest BCUT2D eigenvalue weighted by molar-refractivity contribution is -0.145. The van der Waals surface area contributed by atoms with E-state index in [0.29, 0.717) is 33.2 Å². The van der Waals surface area contributed by atoms with Crippen LogP contribution >= 0.6 is 11.8 Å². The summed E-state index contributed by atoms with van der Waals surface area (Å²) in [5, 5.41) is 73.9. The molecule has 0 saturated carbocycles. The fourth-order valence-corrected chi connectivity index (χ4v) is 9.68. The number of H-pyrrole nitrogens is 1. The summed E-state index contributed by atoms with van der Waals surface area (Å²) in [5.41, 5.74) is 13.7. The first-order valence-corrected chi connectivity index (χ1v) is 29.6. The molecule has 29 heteroatoms. The zero-order valence-electron chi connectivity index (χ0n) is 49.0. The highest BCUT2D eigenvalue weighted by Crippen LogP contribution is 2.20. The molecule has 11 atom stereocenters. The first-order valence-electron chi connectivity index (χ1n) is 28.2. The number of primary amides is 1. The van der Waals surface area contributed by atoms with Gasteiger partial charge in [-0.2, -0.15) is 11.8 Å². The lowest BCUT2D eigenvalue weighted by Crippen LogP contribution is -2.62. The van der Waals surface area contributed by atoms with Gasteiger partial charge in [0.25, 0.3) is 0 Å². The number of benzene rings is 4. The second kappa shape index (κ2) is 34.8. The third kappa shape index (κ3) is 22.0. The van der Waals surface area contributed by atoms with Crippen LogP contribution in [-0.2, 0) is 78.4 Å². The van der Waals surface area contributed by atoms with E-state index in [1.165, 1.54) is 43.0 Å². The number of amides is 10. The standard InChI is InChI=1S/C60H76N12O16S/c1-32(74)50(71-57(84)42(64-49(78)29-61)24-34-12-6-4-7-13-34)59(86)69-44(25-35-14-8-5-9-15-35)54(81)70-47(31-73)58(85)68-46(28-48(62)77)56(83)66-43(26-36-18-20-38(76)21-19-36)53(80)67-45(27-37-30-63-40-17-11-10-16-39(37)40)55(82)65-41(22-23-89-3)52(79)72-51(33(2)75)60(87)88/h4-21,30,32-33,41-47,50-51,63,73-76H,22-29,31,61H2,1-3H3,(H2,62,77)(H,64,78)(H,65,82)(H,66,83)(H,67,80)(H,68,85)(H,69,86)(H,70,81)(H,71,84)(H,72,79)(H,87,88)/t32-,33-,41+,42+,43+,44+,45+,46+,47+,50+,51+/m1/s1. The highest BCUT2D eigenvalue weighted by atomic mass is 32.2. The molecule has 478 valence electrons. The van der Waals surface area contributed by atoms with Crippen molar-refractivity contribution >= 4 is 87.7 Å². The van der Waals surface area contributed by atoms with Crippen LogP contribution in [0.15, 0.2) is 115 Å². The van der Waals surface area contributed by atoms with E-state index in [4.69, 9.17) is 11.5 Å². The van der Waals surface area contributed by atoms with Gasteiger partial charge in [-0.05, 0) is 72.7 Å². The fourth-order valence-electron chi connectivity index (χ4n) is 9.21. The smallest absolute Gasteiger partial charge is 0.328 e. The third-order valence-electron chi connectivity index (χ3n) is 14.0. The van der Waals surface area contributed by atoms with E-state index in [9.17, 15) is 78.3 Å². The van der Waals surface area contributed by atoms with Gasteiger partial charge in [-0.15, -0.1) is 0 Å². The molecule has 0 radical (unpaired) electrons. The van der Waals surface area contributed by atoms with Crippen LogP contribution in [0, 0.1) is 0 Å². The Morgan fingerprint density at radius 2 is 0.921 bits per heavy atom. The average molecular weight is 1250 g/mol. The van der Waals surface area contributed by atoms with Crippen molar-refractivity contribution in [3.63, 3.8) is 0 Å². The molecule has 28 nitrogen and oxygen atoms in total. The monoisotopic (exact) mass is 1250 g/mol.